The number of aromatic nitrogens is 1. The molecule has 1 saturated heterocycles. The second-order valence-electron chi connectivity index (χ2n) is 6.48. The van der Waals surface area contributed by atoms with Gasteiger partial charge in [0.1, 0.15) is 11.3 Å². The second-order valence-corrected chi connectivity index (χ2v) is 7.51. The Labute approximate surface area is 157 Å². The number of amides is 2. The molecule has 138 valence electrons. The predicted octanol–water partition coefficient (Wildman–Crippen LogP) is 3.87. The van der Waals surface area contributed by atoms with Gasteiger partial charge in [0.25, 0.3) is 0 Å². The van der Waals surface area contributed by atoms with Crippen molar-refractivity contribution in [2.24, 2.45) is 5.92 Å². The van der Waals surface area contributed by atoms with Crippen molar-refractivity contribution in [3.8, 4) is 0 Å². The maximum atomic E-state index is 13.8. The van der Waals surface area contributed by atoms with Crippen LogP contribution in [0.1, 0.15) is 12.0 Å². The summed E-state index contributed by atoms with van der Waals surface area (Å²) in [7, 11) is 0. The van der Waals surface area contributed by atoms with Crippen LogP contribution in [0, 0.1) is 24.5 Å². The molecule has 0 unspecified atom stereocenters. The molecule has 0 radical (unpaired) electrons. The highest BCUT2D eigenvalue weighted by atomic mass is 32.1. The first-order chi connectivity index (χ1) is 12.9. The lowest BCUT2D eigenvalue weighted by molar-refractivity contribution is -0.122. The fraction of sp³-hybridized carbons (Fsp3) is 0.211. The Morgan fingerprint density at radius 3 is 2.74 bits per heavy atom. The zero-order valence-corrected chi connectivity index (χ0v) is 15.1. The second kappa shape index (κ2) is 6.70. The third kappa shape index (κ3) is 3.40. The minimum Gasteiger partial charge on any atom is -0.312 e. The van der Waals surface area contributed by atoms with Crippen LogP contribution >= 0.6 is 11.3 Å². The normalized spacial score (nSPS) is 16.9. The Hall–Kier alpha value is -2.87. The van der Waals surface area contributed by atoms with Gasteiger partial charge in [0.05, 0.1) is 10.6 Å². The third-order valence-corrected chi connectivity index (χ3v) is 5.40. The summed E-state index contributed by atoms with van der Waals surface area (Å²) in [5.74, 6) is -2.50. The van der Waals surface area contributed by atoms with Crippen LogP contribution in [-0.4, -0.2) is 23.3 Å². The molecule has 4 rings (SSSR count). The van der Waals surface area contributed by atoms with Gasteiger partial charge in [-0.3, -0.25) is 9.59 Å². The first-order valence-electron chi connectivity index (χ1n) is 8.34. The number of halogens is 2. The molecule has 2 heterocycles. The van der Waals surface area contributed by atoms with E-state index in [9.17, 15) is 18.4 Å². The maximum Gasteiger partial charge on any atom is 0.231 e. The predicted molar refractivity (Wildman–Crippen MR) is 99.8 cm³/mol. The summed E-state index contributed by atoms with van der Waals surface area (Å²) >= 11 is 0.991. The van der Waals surface area contributed by atoms with Crippen molar-refractivity contribution in [1.29, 1.82) is 0 Å². The fourth-order valence-electron chi connectivity index (χ4n) is 3.08. The number of benzene rings is 2. The molecule has 27 heavy (non-hydrogen) atoms. The van der Waals surface area contributed by atoms with Crippen LogP contribution in [0.15, 0.2) is 36.4 Å². The average Bonchev–Trinajstić information content (AvgIpc) is 3.19. The van der Waals surface area contributed by atoms with E-state index in [0.717, 1.165) is 28.7 Å². The summed E-state index contributed by atoms with van der Waals surface area (Å²) < 4.78 is 27.4. The van der Waals surface area contributed by atoms with Crippen molar-refractivity contribution < 1.29 is 18.4 Å². The lowest BCUT2D eigenvalue weighted by atomic mass is 10.1. The van der Waals surface area contributed by atoms with E-state index < -0.39 is 17.6 Å². The Morgan fingerprint density at radius 2 is 2.00 bits per heavy atom. The van der Waals surface area contributed by atoms with Gasteiger partial charge in [0, 0.05) is 24.7 Å². The van der Waals surface area contributed by atoms with Crippen LogP contribution in [0.25, 0.3) is 10.2 Å². The number of anilines is 2. The maximum absolute atomic E-state index is 13.8. The van der Waals surface area contributed by atoms with E-state index in [1.807, 2.05) is 31.2 Å². The lowest BCUT2D eigenvalue weighted by Crippen LogP contribution is -2.28. The van der Waals surface area contributed by atoms with Gasteiger partial charge in [-0.15, -0.1) is 0 Å². The monoisotopic (exact) mass is 387 g/mol. The Kier molecular flexibility index (Phi) is 4.35. The van der Waals surface area contributed by atoms with Gasteiger partial charge in [0.2, 0.25) is 11.8 Å². The molecule has 1 aromatic heterocycles. The van der Waals surface area contributed by atoms with Crippen LogP contribution < -0.4 is 10.2 Å². The highest BCUT2D eigenvalue weighted by molar-refractivity contribution is 7.22. The Bertz CT molecular complexity index is 1050. The number of rotatable bonds is 3. The molecular weight excluding hydrogens is 372 g/mol. The molecule has 0 aliphatic carbocycles. The van der Waals surface area contributed by atoms with E-state index in [-0.39, 0.29) is 35.4 Å². The van der Waals surface area contributed by atoms with Gasteiger partial charge in [-0.2, -0.15) is 0 Å². The number of hydrogen-bond donors (Lipinski definition) is 1. The number of carbonyl (C=O) groups excluding carboxylic acids is 2. The number of nitrogens with one attached hydrogen (secondary N) is 1. The number of thiazole rings is 1. The molecule has 5 nitrogen and oxygen atoms in total. The smallest absolute Gasteiger partial charge is 0.231 e. The molecule has 8 heteroatoms. The van der Waals surface area contributed by atoms with Crippen molar-refractivity contribution in [3.63, 3.8) is 0 Å². The van der Waals surface area contributed by atoms with Crippen LogP contribution in [0.4, 0.5) is 19.6 Å². The average molecular weight is 387 g/mol. The summed E-state index contributed by atoms with van der Waals surface area (Å²) in [4.78, 5) is 30.4. The first-order valence-corrected chi connectivity index (χ1v) is 9.16. The molecule has 2 aromatic carbocycles. The van der Waals surface area contributed by atoms with Gasteiger partial charge >= 0.3 is 0 Å². The summed E-state index contributed by atoms with van der Waals surface area (Å²) in [5.41, 5.74) is 1.85. The quantitative estimate of drug-likeness (QED) is 0.742. The molecule has 3 aromatic rings. The Morgan fingerprint density at radius 1 is 1.26 bits per heavy atom. The zero-order valence-electron chi connectivity index (χ0n) is 14.3. The van der Waals surface area contributed by atoms with Crippen molar-refractivity contribution in [2.75, 3.05) is 16.8 Å². The molecule has 0 bridgehead atoms. The number of fused-ring (bicyclic) bond motifs is 1. The summed E-state index contributed by atoms with van der Waals surface area (Å²) in [6.07, 6.45) is 0.0909. The zero-order chi connectivity index (χ0) is 19.1. The van der Waals surface area contributed by atoms with Gasteiger partial charge in [-0.05, 0) is 25.1 Å². The van der Waals surface area contributed by atoms with E-state index in [4.69, 9.17) is 0 Å². The molecule has 1 fully saturated rings. The number of aryl methyl sites for hydroxylation is 1. The van der Waals surface area contributed by atoms with Gasteiger partial charge in [-0.1, -0.05) is 29.0 Å². The molecule has 1 aliphatic rings. The molecule has 0 spiro atoms. The van der Waals surface area contributed by atoms with Crippen molar-refractivity contribution in [3.05, 3.63) is 53.6 Å². The van der Waals surface area contributed by atoms with Crippen LogP contribution in [-0.2, 0) is 9.59 Å². The standard InChI is InChI=1S/C19H15F2N3O2S/c1-10-2-4-13(5-3-10)24-9-11(6-16(24)25)18(26)23-19-22-17-14(21)7-12(20)8-15(17)27-19/h2-5,7-8,11H,6,9H2,1H3,(H,22,23,26)/t11-/m1/s1. The van der Waals surface area contributed by atoms with Gasteiger partial charge < -0.3 is 10.2 Å². The van der Waals surface area contributed by atoms with E-state index >= 15 is 0 Å². The third-order valence-electron chi connectivity index (χ3n) is 4.48. The summed E-state index contributed by atoms with van der Waals surface area (Å²) in [6, 6.07) is 9.43. The molecule has 1 N–H and O–H groups in total. The highest BCUT2D eigenvalue weighted by Crippen LogP contribution is 2.30. The van der Waals surface area contributed by atoms with Crippen LogP contribution in [0.3, 0.4) is 0 Å². The van der Waals surface area contributed by atoms with Crippen molar-refractivity contribution in [2.45, 2.75) is 13.3 Å². The van der Waals surface area contributed by atoms with Gasteiger partial charge in [0.15, 0.2) is 10.9 Å². The minimum atomic E-state index is -0.775. The van der Waals surface area contributed by atoms with Crippen molar-refractivity contribution >= 4 is 44.2 Å². The topological polar surface area (TPSA) is 62.3 Å². The Balaban J connectivity index is 1.50. The molecular formula is C19H15F2N3O2S. The molecule has 1 atom stereocenters. The highest BCUT2D eigenvalue weighted by Gasteiger charge is 2.35. The number of carbonyl (C=O) groups is 2. The molecule has 1 aliphatic heterocycles. The van der Waals surface area contributed by atoms with E-state index in [0.29, 0.717) is 4.70 Å². The molecule has 0 saturated carbocycles. The van der Waals surface area contributed by atoms with Crippen molar-refractivity contribution in [1.82, 2.24) is 4.98 Å². The summed E-state index contributed by atoms with van der Waals surface area (Å²) in [5, 5.41) is 2.80. The SMILES string of the molecule is Cc1ccc(N2C[C@H](C(=O)Nc3nc4c(F)cc(F)cc4s3)CC2=O)cc1. The lowest BCUT2D eigenvalue weighted by Gasteiger charge is -2.16. The first kappa shape index (κ1) is 17.5. The van der Waals surface area contributed by atoms with Crippen LogP contribution in [0.5, 0.6) is 0 Å². The van der Waals surface area contributed by atoms with E-state index in [1.165, 1.54) is 6.07 Å². The van der Waals surface area contributed by atoms with Gasteiger partial charge in [-0.25, -0.2) is 13.8 Å². The number of nitrogens with zero attached hydrogens (tertiary/aromatic N) is 2. The molecule has 2 amide bonds. The summed E-state index contributed by atoms with van der Waals surface area (Å²) in [6.45, 7) is 2.22. The number of hydrogen-bond acceptors (Lipinski definition) is 4. The fourth-order valence-corrected chi connectivity index (χ4v) is 3.98. The largest absolute Gasteiger partial charge is 0.312 e. The van der Waals surface area contributed by atoms with Crippen LogP contribution in [0.2, 0.25) is 0 Å². The van der Waals surface area contributed by atoms with E-state index in [1.54, 1.807) is 4.90 Å². The minimum absolute atomic E-state index is 0.0143. The van der Waals surface area contributed by atoms with E-state index in [2.05, 4.69) is 10.3 Å².